The highest BCUT2D eigenvalue weighted by Crippen LogP contribution is 2.45. The van der Waals surface area contributed by atoms with Gasteiger partial charge in [0.25, 0.3) is 0 Å². The van der Waals surface area contributed by atoms with E-state index in [1.54, 1.807) is 0 Å². The molecular weight excluding hydrogens is 376 g/mol. The van der Waals surface area contributed by atoms with E-state index in [-0.39, 0.29) is 0 Å². The maximum Gasteiger partial charge on any atom is 0.0542 e. The van der Waals surface area contributed by atoms with E-state index in [4.69, 9.17) is 0 Å². The van der Waals surface area contributed by atoms with Crippen LogP contribution in [0.25, 0.3) is 57.5 Å². The Morgan fingerprint density at radius 3 is 2.21 bits per heavy atom. The first-order valence-electron chi connectivity index (χ1n) is 9.30. The Kier molecular flexibility index (Phi) is 3.46. The third-order valence-electron chi connectivity index (χ3n) is 5.40. The molecule has 6 rings (SSSR count). The molecule has 0 fully saturated rings. The Bertz CT molecular complexity index is 1510. The molecule has 0 radical (unpaired) electrons. The third-order valence-corrected chi connectivity index (χ3v) is 7.92. The van der Waals surface area contributed by atoms with Crippen molar-refractivity contribution in [3.8, 4) is 11.1 Å². The Hall–Kier alpha value is -2.94. The Morgan fingerprint density at radius 1 is 0.607 bits per heavy atom. The molecule has 0 spiro atoms. The van der Waals surface area contributed by atoms with Crippen LogP contribution < -0.4 is 0 Å². The van der Waals surface area contributed by atoms with E-state index in [0.29, 0.717) is 0 Å². The zero-order chi connectivity index (χ0) is 18.7. The Morgan fingerprint density at radius 2 is 1.39 bits per heavy atom. The average molecular weight is 393 g/mol. The van der Waals surface area contributed by atoms with Gasteiger partial charge >= 0.3 is 0 Å². The van der Waals surface area contributed by atoms with Crippen molar-refractivity contribution in [3.63, 3.8) is 0 Å². The van der Waals surface area contributed by atoms with E-state index in [9.17, 15) is 0 Å². The lowest BCUT2D eigenvalue weighted by Gasteiger charge is -2.04. The van der Waals surface area contributed by atoms with Crippen molar-refractivity contribution in [2.24, 2.45) is 0 Å². The highest BCUT2D eigenvalue weighted by molar-refractivity contribution is 7.36. The van der Waals surface area contributed by atoms with Crippen LogP contribution in [0.5, 0.6) is 0 Å². The van der Waals surface area contributed by atoms with Crippen molar-refractivity contribution in [2.45, 2.75) is 0 Å². The van der Waals surface area contributed by atoms with Crippen LogP contribution in [0.1, 0.15) is 5.56 Å². The minimum atomic E-state index is 1.18. The first-order valence-corrected chi connectivity index (χ1v) is 10.9. The average Bonchev–Trinajstić information content (AvgIpc) is 3.27. The largest absolute Gasteiger partial charge is 0.134 e. The lowest BCUT2D eigenvalue weighted by molar-refractivity contribution is 1.65. The molecule has 0 saturated carbocycles. The van der Waals surface area contributed by atoms with Crippen LogP contribution in [0.3, 0.4) is 0 Å². The smallest absolute Gasteiger partial charge is 0.0542 e. The number of rotatable bonds is 2. The van der Waals surface area contributed by atoms with Crippen LogP contribution >= 0.6 is 22.7 Å². The predicted molar refractivity (Wildman–Crippen MR) is 128 cm³/mol. The molecule has 0 N–H and O–H groups in total. The number of fused-ring (bicyclic) bond motifs is 6. The molecular formula is C26H16S2. The number of thiophene rings is 2. The fraction of sp³-hybridized carbons (Fsp3) is 0. The summed E-state index contributed by atoms with van der Waals surface area (Å²) in [4.78, 5) is 0. The topological polar surface area (TPSA) is 0 Å². The van der Waals surface area contributed by atoms with Gasteiger partial charge in [-0.05, 0) is 57.8 Å². The predicted octanol–water partition coefficient (Wildman–Crippen LogP) is 8.73. The minimum absolute atomic E-state index is 1.18. The van der Waals surface area contributed by atoms with Gasteiger partial charge in [-0.15, -0.1) is 22.7 Å². The normalized spacial score (nSPS) is 11.7. The fourth-order valence-corrected chi connectivity index (χ4v) is 6.60. The highest BCUT2D eigenvalue weighted by Gasteiger charge is 2.13. The van der Waals surface area contributed by atoms with Crippen molar-refractivity contribution in [3.05, 3.63) is 91.0 Å². The molecule has 4 aromatic carbocycles. The third kappa shape index (κ3) is 2.35. The van der Waals surface area contributed by atoms with Gasteiger partial charge in [-0.3, -0.25) is 0 Å². The Balaban J connectivity index is 1.64. The highest BCUT2D eigenvalue weighted by atomic mass is 32.1. The van der Waals surface area contributed by atoms with E-state index < -0.39 is 0 Å². The summed E-state index contributed by atoms with van der Waals surface area (Å²) in [6.45, 7) is 3.92. The fourth-order valence-electron chi connectivity index (χ4n) is 3.96. The number of hydrogen-bond donors (Lipinski definition) is 0. The van der Waals surface area contributed by atoms with E-state index in [1.807, 2.05) is 28.7 Å². The van der Waals surface area contributed by atoms with Gasteiger partial charge in [-0.25, -0.2) is 0 Å². The summed E-state index contributed by atoms with van der Waals surface area (Å²) >= 11 is 3.81. The van der Waals surface area contributed by atoms with Crippen LogP contribution in [0.4, 0.5) is 0 Å². The molecule has 0 aliphatic carbocycles. The van der Waals surface area contributed by atoms with Gasteiger partial charge in [-0.2, -0.15) is 0 Å². The van der Waals surface area contributed by atoms with Gasteiger partial charge in [0.05, 0.1) is 9.40 Å². The van der Waals surface area contributed by atoms with E-state index >= 15 is 0 Å². The summed E-state index contributed by atoms with van der Waals surface area (Å²) in [5.74, 6) is 0. The maximum atomic E-state index is 3.92. The molecule has 2 heterocycles. The molecule has 28 heavy (non-hydrogen) atoms. The molecule has 0 nitrogen and oxygen atoms in total. The monoisotopic (exact) mass is 392 g/mol. The summed E-state index contributed by atoms with van der Waals surface area (Å²) in [6, 6.07) is 28.8. The quantitative estimate of drug-likeness (QED) is 0.276. The van der Waals surface area contributed by atoms with E-state index in [1.165, 1.54) is 57.0 Å². The van der Waals surface area contributed by atoms with Gasteiger partial charge in [0, 0.05) is 20.2 Å². The standard InChI is InChI=1S/C26H16S2/c1-2-16-8-11-23-21(12-16)25-26(27-23)22-14-20-13-18(17-6-4-3-5-7-17)9-10-19(20)15-24(22)28-25/h2-15H,1H2. The van der Waals surface area contributed by atoms with Crippen LogP contribution in [0, 0.1) is 0 Å². The summed E-state index contributed by atoms with van der Waals surface area (Å²) in [6.07, 6.45) is 1.93. The summed E-state index contributed by atoms with van der Waals surface area (Å²) < 4.78 is 5.53. The lowest BCUT2D eigenvalue weighted by atomic mass is 10.0. The van der Waals surface area contributed by atoms with Crippen molar-refractivity contribution < 1.29 is 0 Å². The van der Waals surface area contributed by atoms with Crippen molar-refractivity contribution in [2.75, 3.05) is 0 Å². The number of hydrogen-bond acceptors (Lipinski definition) is 2. The van der Waals surface area contributed by atoms with Gasteiger partial charge in [0.1, 0.15) is 0 Å². The van der Waals surface area contributed by atoms with Gasteiger partial charge < -0.3 is 0 Å². The van der Waals surface area contributed by atoms with Crippen molar-refractivity contribution in [1.82, 2.24) is 0 Å². The van der Waals surface area contributed by atoms with E-state index in [0.717, 1.165) is 0 Å². The second-order valence-corrected chi connectivity index (χ2v) is 9.20. The zero-order valence-corrected chi connectivity index (χ0v) is 16.7. The molecule has 0 amide bonds. The summed E-state index contributed by atoms with van der Waals surface area (Å²) in [5.41, 5.74) is 3.71. The molecule has 0 saturated heterocycles. The Labute approximate surface area is 171 Å². The second-order valence-electron chi connectivity index (χ2n) is 7.10. The van der Waals surface area contributed by atoms with Gasteiger partial charge in [-0.1, -0.05) is 61.2 Å². The molecule has 0 unspecified atom stereocenters. The van der Waals surface area contributed by atoms with Crippen LogP contribution in [-0.2, 0) is 0 Å². The summed E-state index contributed by atoms with van der Waals surface area (Å²) in [7, 11) is 0. The molecule has 132 valence electrons. The lowest BCUT2D eigenvalue weighted by Crippen LogP contribution is -1.78. The first-order chi connectivity index (χ1) is 13.8. The van der Waals surface area contributed by atoms with Crippen molar-refractivity contribution in [1.29, 1.82) is 0 Å². The minimum Gasteiger partial charge on any atom is -0.134 e. The van der Waals surface area contributed by atoms with Crippen molar-refractivity contribution >= 4 is 69.1 Å². The molecule has 2 heteroatoms. The molecule has 2 aromatic heterocycles. The SMILES string of the molecule is C=Cc1ccc2sc3c4cc5cc(-c6ccccc6)ccc5cc4sc3c2c1. The molecule has 0 aliphatic heterocycles. The second kappa shape index (κ2) is 6.03. The van der Waals surface area contributed by atoms with Gasteiger partial charge in [0.15, 0.2) is 0 Å². The first kappa shape index (κ1) is 16.1. The zero-order valence-electron chi connectivity index (χ0n) is 15.1. The number of benzene rings is 4. The molecule has 0 atom stereocenters. The molecule has 0 aliphatic rings. The van der Waals surface area contributed by atoms with E-state index in [2.05, 4.69) is 85.4 Å². The summed E-state index contributed by atoms with van der Waals surface area (Å²) in [5, 5.41) is 5.33. The maximum absolute atomic E-state index is 3.92. The van der Waals surface area contributed by atoms with Crippen LogP contribution in [0.2, 0.25) is 0 Å². The van der Waals surface area contributed by atoms with Gasteiger partial charge in [0.2, 0.25) is 0 Å². The molecule has 0 bridgehead atoms. The van der Waals surface area contributed by atoms with Crippen LogP contribution in [0.15, 0.2) is 85.4 Å². The molecule has 6 aromatic rings. The van der Waals surface area contributed by atoms with Crippen LogP contribution in [-0.4, -0.2) is 0 Å².